The lowest BCUT2D eigenvalue weighted by Crippen LogP contribution is -2.36. The first-order chi connectivity index (χ1) is 12.1. The van der Waals surface area contributed by atoms with E-state index in [1.807, 2.05) is 11.8 Å². The summed E-state index contributed by atoms with van der Waals surface area (Å²) in [6.07, 6.45) is 4.26. The highest BCUT2D eigenvalue weighted by atomic mass is 19.1. The van der Waals surface area contributed by atoms with Gasteiger partial charge < -0.3 is 9.42 Å². The third kappa shape index (κ3) is 2.83. The van der Waals surface area contributed by atoms with Crippen molar-refractivity contribution in [3.63, 3.8) is 0 Å². The van der Waals surface area contributed by atoms with Crippen LogP contribution in [0.2, 0.25) is 0 Å². The Morgan fingerprint density at radius 1 is 1.40 bits per heavy atom. The van der Waals surface area contributed by atoms with Crippen molar-refractivity contribution in [2.75, 3.05) is 13.1 Å². The lowest BCUT2D eigenvalue weighted by atomic mass is 9.80. The van der Waals surface area contributed by atoms with Crippen molar-refractivity contribution in [3.8, 4) is 0 Å². The molecule has 1 aromatic heterocycles. The van der Waals surface area contributed by atoms with Crippen LogP contribution in [0.1, 0.15) is 43.5 Å². The molecule has 0 spiro atoms. The zero-order chi connectivity index (χ0) is 17.4. The van der Waals surface area contributed by atoms with Gasteiger partial charge in [0.2, 0.25) is 11.8 Å². The molecule has 6 heteroatoms. The number of hydrogen-bond acceptors (Lipinski definition) is 4. The van der Waals surface area contributed by atoms with Gasteiger partial charge in [0.15, 0.2) is 5.82 Å². The summed E-state index contributed by atoms with van der Waals surface area (Å²) < 4.78 is 18.4. The number of halogens is 1. The van der Waals surface area contributed by atoms with Gasteiger partial charge in [-0.2, -0.15) is 4.98 Å². The molecule has 2 atom stereocenters. The number of carbonyl (C=O) groups excluding carboxylic acids is 1. The highest BCUT2D eigenvalue weighted by Gasteiger charge is 2.54. The van der Waals surface area contributed by atoms with E-state index in [4.69, 9.17) is 4.52 Å². The minimum absolute atomic E-state index is 0.0830. The molecule has 132 valence electrons. The smallest absolute Gasteiger partial charge is 0.227 e. The number of amides is 1. The van der Waals surface area contributed by atoms with Gasteiger partial charge in [0.25, 0.3) is 0 Å². The summed E-state index contributed by atoms with van der Waals surface area (Å²) in [6.45, 7) is 3.39. The Morgan fingerprint density at radius 3 is 2.92 bits per heavy atom. The molecule has 0 radical (unpaired) electrons. The third-order valence-electron chi connectivity index (χ3n) is 5.71. The molecule has 2 heterocycles. The van der Waals surface area contributed by atoms with E-state index in [1.165, 1.54) is 12.1 Å². The highest BCUT2D eigenvalue weighted by Crippen LogP contribution is 2.49. The predicted molar refractivity (Wildman–Crippen MR) is 89.4 cm³/mol. The molecule has 2 aliphatic rings. The second-order valence-electron chi connectivity index (χ2n) is 7.19. The van der Waals surface area contributed by atoms with Gasteiger partial charge in [0.1, 0.15) is 5.82 Å². The summed E-state index contributed by atoms with van der Waals surface area (Å²) in [5, 5.41) is 4.22. The Bertz CT molecular complexity index is 773. The summed E-state index contributed by atoms with van der Waals surface area (Å²) in [5.74, 6) is 1.62. The van der Waals surface area contributed by atoms with E-state index in [1.54, 1.807) is 12.1 Å². The van der Waals surface area contributed by atoms with Gasteiger partial charge in [0.05, 0.1) is 11.8 Å². The lowest BCUT2D eigenvalue weighted by molar-refractivity contribution is -0.129. The van der Waals surface area contributed by atoms with E-state index in [2.05, 4.69) is 10.1 Å². The number of aromatic nitrogens is 2. The molecule has 1 aliphatic heterocycles. The van der Waals surface area contributed by atoms with E-state index in [-0.39, 0.29) is 17.1 Å². The average Bonchev–Trinajstić information content (AvgIpc) is 3.30. The molecule has 1 saturated carbocycles. The molecule has 5 nitrogen and oxygen atoms in total. The fraction of sp³-hybridized carbons (Fsp3) is 0.526. The SMILES string of the molecule is CCc1nc([C@@]23CCC[C@@H]2CN(C(=O)Cc2ccc(F)cc2)C3)no1. The van der Waals surface area contributed by atoms with Crippen LogP contribution in [0.3, 0.4) is 0 Å². The predicted octanol–water partition coefficient (Wildman–Crippen LogP) is 2.89. The van der Waals surface area contributed by atoms with Crippen LogP contribution in [0.15, 0.2) is 28.8 Å². The Balaban J connectivity index is 1.52. The van der Waals surface area contributed by atoms with Crippen molar-refractivity contribution in [2.24, 2.45) is 5.92 Å². The average molecular weight is 343 g/mol. The van der Waals surface area contributed by atoms with Crippen LogP contribution in [-0.4, -0.2) is 34.0 Å². The van der Waals surface area contributed by atoms with Crippen molar-refractivity contribution in [1.82, 2.24) is 15.0 Å². The minimum Gasteiger partial charge on any atom is -0.341 e. The van der Waals surface area contributed by atoms with Crippen LogP contribution < -0.4 is 0 Å². The number of fused-ring (bicyclic) bond motifs is 1. The fourth-order valence-corrected chi connectivity index (χ4v) is 4.33. The highest BCUT2D eigenvalue weighted by molar-refractivity contribution is 5.79. The molecule has 2 aromatic rings. The van der Waals surface area contributed by atoms with E-state index in [9.17, 15) is 9.18 Å². The Kier molecular flexibility index (Phi) is 4.06. The molecule has 4 rings (SSSR count). The Labute approximate surface area is 146 Å². The van der Waals surface area contributed by atoms with Gasteiger partial charge in [-0.05, 0) is 36.5 Å². The molecule has 0 N–H and O–H groups in total. The Morgan fingerprint density at radius 2 is 2.20 bits per heavy atom. The number of hydrogen-bond donors (Lipinski definition) is 0. The summed E-state index contributed by atoms with van der Waals surface area (Å²) in [6, 6.07) is 6.14. The molecule has 0 unspecified atom stereocenters. The van der Waals surface area contributed by atoms with Gasteiger partial charge in [-0.15, -0.1) is 0 Å². The Hall–Kier alpha value is -2.24. The summed E-state index contributed by atoms with van der Waals surface area (Å²) in [5.41, 5.74) is 0.681. The van der Waals surface area contributed by atoms with Gasteiger partial charge in [-0.3, -0.25) is 4.79 Å². The first kappa shape index (κ1) is 16.2. The number of benzene rings is 1. The van der Waals surface area contributed by atoms with Gasteiger partial charge in [0, 0.05) is 19.5 Å². The first-order valence-electron chi connectivity index (χ1n) is 8.96. The molecule has 25 heavy (non-hydrogen) atoms. The van der Waals surface area contributed by atoms with E-state index in [0.717, 1.165) is 43.6 Å². The van der Waals surface area contributed by atoms with Crippen LogP contribution >= 0.6 is 0 Å². The molecule has 1 saturated heterocycles. The van der Waals surface area contributed by atoms with E-state index >= 15 is 0 Å². The fourth-order valence-electron chi connectivity index (χ4n) is 4.33. The van der Waals surface area contributed by atoms with Crippen LogP contribution in [0, 0.1) is 11.7 Å². The van der Waals surface area contributed by atoms with Crippen molar-refractivity contribution < 1.29 is 13.7 Å². The zero-order valence-corrected chi connectivity index (χ0v) is 14.4. The van der Waals surface area contributed by atoms with Gasteiger partial charge in [-0.25, -0.2) is 4.39 Å². The van der Waals surface area contributed by atoms with Crippen molar-refractivity contribution in [3.05, 3.63) is 47.4 Å². The summed E-state index contributed by atoms with van der Waals surface area (Å²) in [7, 11) is 0. The topological polar surface area (TPSA) is 59.2 Å². The van der Waals surface area contributed by atoms with Crippen LogP contribution in [0.4, 0.5) is 4.39 Å². The number of carbonyl (C=O) groups is 1. The normalized spacial score (nSPS) is 25.4. The molecule has 0 bridgehead atoms. The molecule has 2 fully saturated rings. The van der Waals surface area contributed by atoms with Crippen molar-refractivity contribution >= 4 is 5.91 Å². The van der Waals surface area contributed by atoms with Crippen LogP contribution in [0.5, 0.6) is 0 Å². The maximum absolute atomic E-state index is 13.0. The molecular formula is C19H22FN3O2. The monoisotopic (exact) mass is 343 g/mol. The number of likely N-dealkylation sites (tertiary alicyclic amines) is 1. The quantitative estimate of drug-likeness (QED) is 0.856. The van der Waals surface area contributed by atoms with E-state index < -0.39 is 0 Å². The number of aryl methyl sites for hydroxylation is 1. The second kappa shape index (κ2) is 6.24. The zero-order valence-electron chi connectivity index (χ0n) is 14.4. The maximum Gasteiger partial charge on any atom is 0.227 e. The molecular weight excluding hydrogens is 321 g/mol. The largest absolute Gasteiger partial charge is 0.341 e. The number of rotatable bonds is 4. The van der Waals surface area contributed by atoms with Crippen LogP contribution in [-0.2, 0) is 23.1 Å². The molecule has 1 aromatic carbocycles. The van der Waals surface area contributed by atoms with Crippen molar-refractivity contribution in [1.29, 1.82) is 0 Å². The first-order valence-corrected chi connectivity index (χ1v) is 8.96. The lowest BCUT2D eigenvalue weighted by Gasteiger charge is -2.24. The van der Waals surface area contributed by atoms with Gasteiger partial charge in [-0.1, -0.05) is 30.6 Å². The van der Waals surface area contributed by atoms with Gasteiger partial charge >= 0.3 is 0 Å². The summed E-state index contributed by atoms with van der Waals surface area (Å²) in [4.78, 5) is 19.2. The summed E-state index contributed by atoms with van der Waals surface area (Å²) >= 11 is 0. The van der Waals surface area contributed by atoms with Crippen LogP contribution in [0.25, 0.3) is 0 Å². The van der Waals surface area contributed by atoms with E-state index in [0.29, 0.717) is 24.8 Å². The minimum atomic E-state index is -0.283. The standard InChI is InChI=1S/C19H22FN3O2/c1-2-16-21-18(22-25-16)19-9-3-4-14(19)11-23(12-19)17(24)10-13-5-7-15(20)8-6-13/h5-8,14H,2-4,9-12H2,1H3/t14-,19-/m1/s1. The second-order valence-corrected chi connectivity index (χ2v) is 7.19. The third-order valence-corrected chi connectivity index (χ3v) is 5.71. The maximum atomic E-state index is 13.0. The molecule has 1 aliphatic carbocycles. The van der Waals surface area contributed by atoms with Crippen molar-refractivity contribution in [2.45, 2.75) is 44.4 Å². The number of nitrogens with zero attached hydrogens (tertiary/aromatic N) is 3. The molecule has 1 amide bonds.